The number of rotatable bonds is 8. The molecule has 19 heavy (non-hydrogen) atoms. The number of ether oxygens (including phenoxy) is 1. The Morgan fingerprint density at radius 3 is 3.05 bits per heavy atom. The molecule has 2 N–H and O–H groups in total. The molecule has 0 radical (unpaired) electrons. The molecule has 5 heteroatoms. The van der Waals surface area contributed by atoms with Gasteiger partial charge in [0.15, 0.2) is 0 Å². The van der Waals surface area contributed by atoms with E-state index in [0.717, 1.165) is 12.2 Å². The molecule has 1 fully saturated rings. The summed E-state index contributed by atoms with van der Waals surface area (Å²) < 4.78 is 5.38. The van der Waals surface area contributed by atoms with E-state index in [9.17, 15) is 9.90 Å². The quantitative estimate of drug-likeness (QED) is 0.764. The maximum Gasteiger partial charge on any atom is 0.227 e. The van der Waals surface area contributed by atoms with E-state index in [2.05, 4.69) is 5.32 Å². The fraction of sp³-hybridized carbons (Fsp3) is 0.643. The minimum absolute atomic E-state index is 0.0559. The number of aliphatic hydroxyl groups excluding tert-OH is 1. The van der Waals surface area contributed by atoms with Crippen LogP contribution in [0.25, 0.3) is 0 Å². The molecule has 1 aliphatic rings. The Hall–Kier alpha value is -0.910. The van der Waals surface area contributed by atoms with Crippen molar-refractivity contribution in [2.75, 3.05) is 19.8 Å². The van der Waals surface area contributed by atoms with Crippen LogP contribution in [0.3, 0.4) is 0 Å². The summed E-state index contributed by atoms with van der Waals surface area (Å²) in [4.78, 5) is 11.9. The van der Waals surface area contributed by atoms with Crippen LogP contribution in [0, 0.1) is 5.92 Å². The lowest BCUT2D eigenvalue weighted by molar-refractivity contribution is -0.122. The van der Waals surface area contributed by atoms with Gasteiger partial charge in [0.25, 0.3) is 0 Å². The highest BCUT2D eigenvalue weighted by Gasteiger charge is 2.22. The van der Waals surface area contributed by atoms with Crippen molar-refractivity contribution in [2.24, 2.45) is 5.92 Å². The Kier molecular flexibility index (Phi) is 5.36. The summed E-state index contributed by atoms with van der Waals surface area (Å²) in [6.45, 7) is 3.14. The van der Waals surface area contributed by atoms with Crippen LogP contribution in [0.4, 0.5) is 0 Å². The van der Waals surface area contributed by atoms with Crippen LogP contribution < -0.4 is 5.32 Å². The maximum absolute atomic E-state index is 11.9. The highest BCUT2D eigenvalue weighted by atomic mass is 32.1. The van der Waals surface area contributed by atoms with Gasteiger partial charge in [-0.1, -0.05) is 0 Å². The molecule has 2 rings (SSSR count). The molecular weight excluding hydrogens is 262 g/mol. The van der Waals surface area contributed by atoms with E-state index in [4.69, 9.17) is 4.74 Å². The number of hydrogen-bond acceptors (Lipinski definition) is 4. The molecule has 1 aromatic rings. The monoisotopic (exact) mass is 283 g/mol. The average Bonchev–Trinajstić information content (AvgIpc) is 3.06. The van der Waals surface area contributed by atoms with E-state index in [-0.39, 0.29) is 18.4 Å². The van der Waals surface area contributed by atoms with Crippen molar-refractivity contribution in [2.45, 2.75) is 31.8 Å². The zero-order chi connectivity index (χ0) is 13.7. The molecule has 0 aromatic carbocycles. The second-order valence-electron chi connectivity index (χ2n) is 5.16. The number of thiophene rings is 1. The SMILES string of the molecule is CC(C(=O)NCC(O)COCC1CC1)c1ccsc1. The third-order valence-electron chi connectivity index (χ3n) is 3.31. The third kappa shape index (κ3) is 4.93. The van der Waals surface area contributed by atoms with E-state index >= 15 is 0 Å². The van der Waals surface area contributed by atoms with Gasteiger partial charge in [-0.3, -0.25) is 4.79 Å². The smallest absolute Gasteiger partial charge is 0.227 e. The first-order valence-corrected chi connectivity index (χ1v) is 7.66. The van der Waals surface area contributed by atoms with Gasteiger partial charge >= 0.3 is 0 Å². The first kappa shape index (κ1) is 14.5. The van der Waals surface area contributed by atoms with Crippen LogP contribution in [-0.4, -0.2) is 36.9 Å². The fourth-order valence-electron chi connectivity index (χ4n) is 1.76. The normalized spacial score (nSPS) is 18.0. The summed E-state index contributed by atoms with van der Waals surface area (Å²) in [5, 5.41) is 16.4. The molecule has 2 atom stereocenters. The predicted octanol–water partition coefficient (Wildman–Crippen LogP) is 1.76. The molecule has 0 saturated heterocycles. The number of carbonyl (C=O) groups is 1. The molecule has 0 bridgehead atoms. The largest absolute Gasteiger partial charge is 0.389 e. The van der Waals surface area contributed by atoms with E-state index < -0.39 is 6.10 Å². The molecule has 106 valence electrons. The Labute approximate surface area is 117 Å². The molecule has 1 heterocycles. The standard InChI is InChI=1S/C14H21NO3S/c1-10(12-4-5-19-9-12)14(17)15-6-13(16)8-18-7-11-2-3-11/h4-5,9-11,13,16H,2-3,6-8H2,1H3,(H,15,17). The van der Waals surface area contributed by atoms with Crippen molar-refractivity contribution >= 4 is 17.2 Å². The lowest BCUT2D eigenvalue weighted by Crippen LogP contribution is -2.36. The molecule has 2 unspecified atom stereocenters. The number of hydrogen-bond donors (Lipinski definition) is 2. The summed E-state index contributed by atoms with van der Waals surface area (Å²) in [7, 11) is 0. The lowest BCUT2D eigenvalue weighted by atomic mass is 10.0. The summed E-state index contributed by atoms with van der Waals surface area (Å²) >= 11 is 1.58. The highest BCUT2D eigenvalue weighted by molar-refractivity contribution is 7.08. The minimum Gasteiger partial charge on any atom is -0.389 e. The van der Waals surface area contributed by atoms with Crippen LogP contribution in [-0.2, 0) is 9.53 Å². The molecule has 1 aliphatic carbocycles. The molecule has 1 amide bonds. The number of nitrogens with one attached hydrogen (secondary N) is 1. The van der Waals surface area contributed by atoms with Gasteiger partial charge in [-0.2, -0.15) is 11.3 Å². The highest BCUT2D eigenvalue weighted by Crippen LogP contribution is 2.28. The second kappa shape index (κ2) is 7.03. The maximum atomic E-state index is 11.9. The summed E-state index contributed by atoms with van der Waals surface area (Å²) in [6.07, 6.45) is 1.85. The van der Waals surface area contributed by atoms with Crippen LogP contribution in [0.1, 0.15) is 31.2 Å². The molecule has 0 aliphatic heterocycles. The van der Waals surface area contributed by atoms with Gasteiger partial charge in [0.05, 0.1) is 18.6 Å². The van der Waals surface area contributed by atoms with E-state index in [0.29, 0.717) is 12.5 Å². The zero-order valence-corrected chi connectivity index (χ0v) is 12.0. The summed E-state index contributed by atoms with van der Waals surface area (Å²) in [5.41, 5.74) is 1.02. The van der Waals surface area contributed by atoms with Gasteiger partial charge in [0.1, 0.15) is 0 Å². The van der Waals surface area contributed by atoms with Crippen molar-refractivity contribution in [3.8, 4) is 0 Å². The van der Waals surface area contributed by atoms with Gasteiger partial charge < -0.3 is 15.2 Å². The Balaban J connectivity index is 1.61. The van der Waals surface area contributed by atoms with Crippen molar-refractivity contribution in [3.05, 3.63) is 22.4 Å². The molecule has 4 nitrogen and oxygen atoms in total. The summed E-state index contributed by atoms with van der Waals surface area (Å²) in [5.74, 6) is 0.464. The molecule has 0 spiro atoms. The Morgan fingerprint density at radius 1 is 1.63 bits per heavy atom. The van der Waals surface area contributed by atoms with E-state index in [1.165, 1.54) is 12.8 Å². The Bertz CT molecular complexity index is 389. The minimum atomic E-state index is -0.627. The van der Waals surface area contributed by atoms with E-state index in [1.807, 2.05) is 23.8 Å². The molecule has 1 saturated carbocycles. The van der Waals surface area contributed by atoms with Crippen LogP contribution >= 0.6 is 11.3 Å². The van der Waals surface area contributed by atoms with Gasteiger partial charge in [0.2, 0.25) is 5.91 Å². The number of carbonyl (C=O) groups excluding carboxylic acids is 1. The zero-order valence-electron chi connectivity index (χ0n) is 11.2. The van der Waals surface area contributed by atoms with Crippen molar-refractivity contribution < 1.29 is 14.6 Å². The number of aliphatic hydroxyl groups is 1. The fourth-order valence-corrected chi connectivity index (χ4v) is 2.51. The average molecular weight is 283 g/mol. The van der Waals surface area contributed by atoms with Gasteiger partial charge in [0, 0.05) is 13.2 Å². The second-order valence-corrected chi connectivity index (χ2v) is 5.94. The van der Waals surface area contributed by atoms with Gasteiger partial charge in [-0.15, -0.1) is 0 Å². The van der Waals surface area contributed by atoms with E-state index in [1.54, 1.807) is 11.3 Å². The predicted molar refractivity (Wildman–Crippen MR) is 75.3 cm³/mol. The summed E-state index contributed by atoms with van der Waals surface area (Å²) in [6, 6.07) is 1.95. The molecule has 1 aromatic heterocycles. The number of amides is 1. The molecular formula is C14H21NO3S. The lowest BCUT2D eigenvalue weighted by Gasteiger charge is -2.15. The van der Waals surface area contributed by atoms with Crippen LogP contribution in [0.5, 0.6) is 0 Å². The first-order chi connectivity index (χ1) is 9.16. The van der Waals surface area contributed by atoms with Gasteiger partial charge in [-0.25, -0.2) is 0 Å². The first-order valence-electron chi connectivity index (χ1n) is 6.72. The van der Waals surface area contributed by atoms with Crippen molar-refractivity contribution in [3.63, 3.8) is 0 Å². The van der Waals surface area contributed by atoms with Gasteiger partial charge in [-0.05, 0) is 48.1 Å². The third-order valence-corrected chi connectivity index (χ3v) is 4.01. The Morgan fingerprint density at radius 2 is 2.42 bits per heavy atom. The van der Waals surface area contributed by atoms with Crippen LogP contribution in [0.2, 0.25) is 0 Å². The van der Waals surface area contributed by atoms with Crippen LogP contribution in [0.15, 0.2) is 16.8 Å². The van der Waals surface area contributed by atoms with Crippen molar-refractivity contribution in [1.82, 2.24) is 5.32 Å². The topological polar surface area (TPSA) is 58.6 Å². The van der Waals surface area contributed by atoms with Crippen molar-refractivity contribution in [1.29, 1.82) is 0 Å².